The molecule has 0 unspecified atom stereocenters. The molecule has 2 rings (SSSR count). The maximum Gasteiger partial charge on any atom is 0.262 e. The summed E-state index contributed by atoms with van der Waals surface area (Å²) in [7, 11) is 0. The summed E-state index contributed by atoms with van der Waals surface area (Å²) in [5.74, 6) is -0.0577. The van der Waals surface area contributed by atoms with E-state index in [-0.39, 0.29) is 12.3 Å². The van der Waals surface area contributed by atoms with Gasteiger partial charge in [-0.3, -0.25) is 4.79 Å². The van der Waals surface area contributed by atoms with Crippen LogP contribution >= 0.6 is 11.6 Å². The first-order valence-electron chi connectivity index (χ1n) is 6.69. The zero-order chi connectivity index (χ0) is 15.9. The lowest BCUT2D eigenvalue weighted by Gasteiger charge is -2.12. The Bertz CT molecular complexity index is 664. The lowest BCUT2D eigenvalue weighted by molar-refractivity contribution is -0.118. The number of hydrogen-bond donors (Lipinski definition) is 1. The third kappa shape index (κ3) is 4.36. The van der Waals surface area contributed by atoms with Crippen molar-refractivity contribution in [1.29, 1.82) is 0 Å². The van der Waals surface area contributed by atoms with Gasteiger partial charge in [0.2, 0.25) is 0 Å². The SMILES string of the molecule is CCOc1ccccc1OCC(=O)Nc1cc(Cl)ccc1F. The molecule has 22 heavy (non-hydrogen) atoms. The largest absolute Gasteiger partial charge is 0.490 e. The second-order valence-electron chi connectivity index (χ2n) is 4.34. The number of nitrogens with one attached hydrogen (secondary N) is 1. The molecule has 0 saturated carbocycles. The highest BCUT2D eigenvalue weighted by Gasteiger charge is 2.10. The van der Waals surface area contributed by atoms with Crippen molar-refractivity contribution in [2.75, 3.05) is 18.5 Å². The molecule has 0 aliphatic carbocycles. The molecule has 0 aromatic heterocycles. The molecule has 0 fully saturated rings. The molecule has 2 aromatic carbocycles. The molecule has 4 nitrogen and oxygen atoms in total. The van der Waals surface area contributed by atoms with Crippen LogP contribution in [-0.2, 0) is 4.79 Å². The second kappa shape index (κ2) is 7.66. The Balaban J connectivity index is 1.97. The van der Waals surface area contributed by atoms with Gasteiger partial charge in [-0.1, -0.05) is 23.7 Å². The summed E-state index contributed by atoms with van der Waals surface area (Å²) in [6.45, 7) is 2.07. The van der Waals surface area contributed by atoms with Crippen molar-refractivity contribution in [3.05, 3.63) is 53.3 Å². The van der Waals surface area contributed by atoms with Crippen LogP contribution in [0.3, 0.4) is 0 Å². The average molecular weight is 324 g/mol. The highest BCUT2D eigenvalue weighted by molar-refractivity contribution is 6.30. The monoisotopic (exact) mass is 323 g/mol. The van der Waals surface area contributed by atoms with Crippen molar-refractivity contribution in [2.24, 2.45) is 0 Å². The Morgan fingerprint density at radius 3 is 2.55 bits per heavy atom. The zero-order valence-electron chi connectivity index (χ0n) is 11.9. The number of ether oxygens (including phenoxy) is 2. The van der Waals surface area contributed by atoms with Crippen molar-refractivity contribution in [3.63, 3.8) is 0 Å². The van der Waals surface area contributed by atoms with Gasteiger partial charge in [-0.05, 0) is 37.3 Å². The predicted molar refractivity (Wildman–Crippen MR) is 83.1 cm³/mol. The van der Waals surface area contributed by atoms with Gasteiger partial charge in [0.15, 0.2) is 18.1 Å². The highest BCUT2D eigenvalue weighted by Crippen LogP contribution is 2.26. The van der Waals surface area contributed by atoms with Gasteiger partial charge in [0.05, 0.1) is 12.3 Å². The van der Waals surface area contributed by atoms with Crippen molar-refractivity contribution >= 4 is 23.2 Å². The molecule has 6 heteroatoms. The van der Waals surface area contributed by atoms with E-state index < -0.39 is 11.7 Å². The van der Waals surface area contributed by atoms with Crippen LogP contribution in [0, 0.1) is 5.82 Å². The predicted octanol–water partition coefficient (Wildman–Crippen LogP) is 3.90. The first-order chi connectivity index (χ1) is 10.6. The van der Waals surface area contributed by atoms with Gasteiger partial charge in [0.25, 0.3) is 5.91 Å². The van der Waals surface area contributed by atoms with E-state index in [0.717, 1.165) is 0 Å². The summed E-state index contributed by atoms with van der Waals surface area (Å²) in [5, 5.41) is 2.74. The number of para-hydroxylation sites is 2. The fourth-order valence-corrected chi connectivity index (χ4v) is 1.94. The number of carbonyl (C=O) groups excluding carboxylic acids is 1. The first-order valence-corrected chi connectivity index (χ1v) is 7.07. The standard InChI is InChI=1S/C16H15ClFNO3/c1-2-21-14-5-3-4-6-15(14)22-10-16(20)19-13-9-11(17)7-8-12(13)18/h3-9H,2,10H2,1H3,(H,19,20). The quantitative estimate of drug-likeness (QED) is 0.877. The fourth-order valence-electron chi connectivity index (χ4n) is 1.77. The highest BCUT2D eigenvalue weighted by atomic mass is 35.5. The number of carbonyl (C=O) groups is 1. The minimum atomic E-state index is -0.563. The normalized spacial score (nSPS) is 10.1. The van der Waals surface area contributed by atoms with Crippen molar-refractivity contribution < 1.29 is 18.7 Å². The second-order valence-corrected chi connectivity index (χ2v) is 4.78. The van der Waals surface area contributed by atoms with Crippen LogP contribution in [0.1, 0.15) is 6.92 Å². The molecule has 0 heterocycles. The number of hydrogen-bond acceptors (Lipinski definition) is 3. The van der Waals surface area contributed by atoms with Crippen molar-refractivity contribution in [1.82, 2.24) is 0 Å². The van der Waals surface area contributed by atoms with Crippen LogP contribution in [-0.4, -0.2) is 19.1 Å². The van der Waals surface area contributed by atoms with Gasteiger partial charge in [0, 0.05) is 5.02 Å². The fraction of sp³-hybridized carbons (Fsp3) is 0.188. The van der Waals surface area contributed by atoms with Crippen molar-refractivity contribution in [2.45, 2.75) is 6.92 Å². The Morgan fingerprint density at radius 2 is 1.86 bits per heavy atom. The molecular formula is C16H15ClFNO3. The Labute approximate surface area is 132 Å². The summed E-state index contributed by atoms with van der Waals surface area (Å²) in [6.07, 6.45) is 0. The van der Waals surface area contributed by atoms with E-state index in [1.165, 1.54) is 18.2 Å². The number of rotatable bonds is 6. The Morgan fingerprint density at radius 1 is 1.18 bits per heavy atom. The maximum absolute atomic E-state index is 13.5. The van der Waals surface area contributed by atoms with E-state index >= 15 is 0 Å². The van der Waals surface area contributed by atoms with Gasteiger partial charge in [-0.2, -0.15) is 0 Å². The molecule has 1 N–H and O–H groups in total. The molecule has 0 radical (unpaired) electrons. The number of anilines is 1. The van der Waals surface area contributed by atoms with E-state index in [0.29, 0.717) is 23.1 Å². The van der Waals surface area contributed by atoms with Gasteiger partial charge in [-0.15, -0.1) is 0 Å². The molecule has 2 aromatic rings. The molecule has 1 amide bonds. The van der Waals surface area contributed by atoms with Crippen LogP contribution in [0.5, 0.6) is 11.5 Å². The first kappa shape index (κ1) is 16.1. The molecule has 116 valence electrons. The van der Waals surface area contributed by atoms with Crippen LogP contribution in [0.2, 0.25) is 5.02 Å². The van der Waals surface area contributed by atoms with Crippen LogP contribution in [0.25, 0.3) is 0 Å². The van der Waals surface area contributed by atoms with E-state index in [4.69, 9.17) is 21.1 Å². The molecule has 0 aliphatic rings. The third-order valence-electron chi connectivity index (χ3n) is 2.71. The topological polar surface area (TPSA) is 47.6 Å². The third-order valence-corrected chi connectivity index (χ3v) is 2.95. The summed E-state index contributed by atoms with van der Waals surface area (Å²) >= 11 is 5.76. The van der Waals surface area contributed by atoms with E-state index in [1.54, 1.807) is 24.3 Å². The average Bonchev–Trinajstić information content (AvgIpc) is 2.50. The number of benzene rings is 2. The molecular weight excluding hydrogens is 309 g/mol. The minimum Gasteiger partial charge on any atom is -0.490 e. The van der Waals surface area contributed by atoms with E-state index in [1.807, 2.05) is 6.92 Å². The maximum atomic E-state index is 13.5. The van der Waals surface area contributed by atoms with Crippen molar-refractivity contribution in [3.8, 4) is 11.5 Å². The van der Waals surface area contributed by atoms with Crippen LogP contribution in [0.4, 0.5) is 10.1 Å². The lowest BCUT2D eigenvalue weighted by Crippen LogP contribution is -2.21. The van der Waals surface area contributed by atoms with E-state index in [9.17, 15) is 9.18 Å². The minimum absolute atomic E-state index is 0.0131. The smallest absolute Gasteiger partial charge is 0.262 e. The van der Waals surface area contributed by atoms with Crippen LogP contribution < -0.4 is 14.8 Å². The van der Waals surface area contributed by atoms with Gasteiger partial charge in [0.1, 0.15) is 5.82 Å². The molecule has 0 bridgehead atoms. The molecule has 0 spiro atoms. The molecule has 0 atom stereocenters. The van der Waals surface area contributed by atoms with Gasteiger partial charge >= 0.3 is 0 Å². The van der Waals surface area contributed by atoms with Crippen LogP contribution in [0.15, 0.2) is 42.5 Å². The zero-order valence-corrected chi connectivity index (χ0v) is 12.7. The Hall–Kier alpha value is -2.27. The van der Waals surface area contributed by atoms with E-state index in [2.05, 4.69) is 5.32 Å². The molecule has 0 saturated heterocycles. The number of halogens is 2. The summed E-state index contributed by atoms with van der Waals surface area (Å²) in [5.41, 5.74) is 0.0131. The molecule has 0 aliphatic heterocycles. The summed E-state index contributed by atoms with van der Waals surface area (Å²) in [4.78, 5) is 11.8. The summed E-state index contributed by atoms with van der Waals surface area (Å²) < 4.78 is 24.3. The number of amides is 1. The Kier molecular flexibility index (Phi) is 5.61. The lowest BCUT2D eigenvalue weighted by atomic mass is 10.3. The summed E-state index contributed by atoms with van der Waals surface area (Å²) in [6, 6.07) is 10.9. The van der Waals surface area contributed by atoms with Gasteiger partial charge < -0.3 is 14.8 Å². The van der Waals surface area contributed by atoms with Gasteiger partial charge in [-0.25, -0.2) is 4.39 Å².